The lowest BCUT2D eigenvalue weighted by atomic mass is 10.2. The van der Waals surface area contributed by atoms with Crippen LogP contribution in [0.25, 0.3) is 11.0 Å². The number of nitrogens with one attached hydrogen (secondary N) is 2. The van der Waals surface area contributed by atoms with E-state index in [2.05, 4.69) is 20.5 Å². The van der Waals surface area contributed by atoms with E-state index >= 15 is 0 Å². The van der Waals surface area contributed by atoms with Gasteiger partial charge in [0.1, 0.15) is 5.75 Å². The molecule has 3 aromatic rings. The second kappa shape index (κ2) is 6.09. The molecule has 0 spiro atoms. The molecule has 2 N–H and O–H groups in total. The molecule has 22 heavy (non-hydrogen) atoms. The molecule has 1 heterocycles. The summed E-state index contributed by atoms with van der Waals surface area (Å²) in [7, 11) is 1.61. The molecule has 0 radical (unpaired) electrons. The van der Waals surface area contributed by atoms with E-state index in [9.17, 15) is 4.79 Å². The van der Waals surface area contributed by atoms with Crippen LogP contribution >= 0.6 is 0 Å². The number of amides is 1. The molecular formula is C16H14N4O2. The van der Waals surface area contributed by atoms with Crippen LogP contribution in [0, 0.1) is 0 Å². The fourth-order valence-corrected chi connectivity index (χ4v) is 2.00. The van der Waals surface area contributed by atoms with Crippen molar-refractivity contribution in [3.63, 3.8) is 0 Å². The number of nitrogens with zero attached hydrogens (tertiary/aromatic N) is 2. The van der Waals surface area contributed by atoms with Crippen LogP contribution in [-0.2, 0) is 0 Å². The van der Waals surface area contributed by atoms with E-state index in [-0.39, 0.29) is 5.91 Å². The molecular weight excluding hydrogens is 280 g/mol. The highest BCUT2D eigenvalue weighted by Crippen LogP contribution is 2.12. The first-order chi connectivity index (χ1) is 10.8. The van der Waals surface area contributed by atoms with Gasteiger partial charge in [0.05, 0.1) is 30.7 Å². The zero-order valence-electron chi connectivity index (χ0n) is 11.9. The van der Waals surface area contributed by atoms with Crippen molar-refractivity contribution >= 4 is 23.2 Å². The first-order valence-electron chi connectivity index (χ1n) is 6.67. The Kier molecular flexibility index (Phi) is 3.82. The van der Waals surface area contributed by atoms with Crippen molar-refractivity contribution in [1.29, 1.82) is 0 Å². The molecule has 0 unspecified atom stereocenters. The summed E-state index contributed by atoms with van der Waals surface area (Å²) < 4.78 is 5.08. The van der Waals surface area contributed by atoms with Crippen LogP contribution in [0.2, 0.25) is 0 Å². The van der Waals surface area contributed by atoms with Crippen LogP contribution in [0.3, 0.4) is 0 Å². The SMILES string of the molecule is COc1ccc(/C=N/NC(=O)c2ccc3nc[nH]c3c2)cc1. The van der Waals surface area contributed by atoms with Crippen LogP contribution in [-0.4, -0.2) is 29.2 Å². The standard InChI is InChI=1S/C16H14N4O2/c1-22-13-5-2-11(3-6-13)9-19-20-16(21)12-4-7-14-15(8-12)18-10-17-14/h2-10H,1H3,(H,17,18)(H,20,21)/b19-9+. The predicted molar refractivity (Wildman–Crippen MR) is 84.1 cm³/mol. The van der Waals surface area contributed by atoms with Crippen LogP contribution in [0.1, 0.15) is 15.9 Å². The minimum atomic E-state index is -0.277. The molecule has 0 saturated carbocycles. The molecule has 1 amide bonds. The molecule has 6 heteroatoms. The Labute approximate surface area is 126 Å². The number of hydrazone groups is 1. The van der Waals surface area contributed by atoms with Crippen LogP contribution in [0.4, 0.5) is 0 Å². The zero-order chi connectivity index (χ0) is 15.4. The summed E-state index contributed by atoms with van der Waals surface area (Å²) in [5.74, 6) is 0.496. The lowest BCUT2D eigenvalue weighted by Crippen LogP contribution is -2.17. The van der Waals surface area contributed by atoms with Crippen LogP contribution in [0.5, 0.6) is 5.75 Å². The number of hydrogen-bond donors (Lipinski definition) is 2. The second-order valence-electron chi connectivity index (χ2n) is 4.61. The normalized spacial score (nSPS) is 11.0. The van der Waals surface area contributed by atoms with Gasteiger partial charge >= 0.3 is 0 Å². The smallest absolute Gasteiger partial charge is 0.271 e. The molecule has 6 nitrogen and oxygen atoms in total. The van der Waals surface area contributed by atoms with Crippen molar-refractivity contribution in [2.24, 2.45) is 5.10 Å². The number of aromatic nitrogens is 2. The third kappa shape index (κ3) is 2.95. The highest BCUT2D eigenvalue weighted by molar-refractivity contribution is 5.97. The van der Waals surface area contributed by atoms with Gasteiger partial charge in [0.15, 0.2) is 0 Å². The molecule has 3 rings (SSSR count). The Hall–Kier alpha value is -3.15. The van der Waals surface area contributed by atoms with E-state index in [1.54, 1.807) is 37.9 Å². The van der Waals surface area contributed by atoms with Gasteiger partial charge < -0.3 is 9.72 Å². The van der Waals surface area contributed by atoms with Gasteiger partial charge in [-0.05, 0) is 48.0 Å². The maximum Gasteiger partial charge on any atom is 0.271 e. The fraction of sp³-hybridized carbons (Fsp3) is 0.0625. The van der Waals surface area contributed by atoms with E-state index in [1.807, 2.05) is 24.3 Å². The summed E-state index contributed by atoms with van der Waals surface area (Å²) in [5, 5.41) is 3.95. The van der Waals surface area contributed by atoms with Crippen molar-refractivity contribution in [1.82, 2.24) is 15.4 Å². The van der Waals surface area contributed by atoms with Crippen molar-refractivity contribution in [2.75, 3.05) is 7.11 Å². The zero-order valence-corrected chi connectivity index (χ0v) is 11.9. The number of hydrogen-bond acceptors (Lipinski definition) is 4. The summed E-state index contributed by atoms with van der Waals surface area (Å²) in [5.41, 5.74) is 5.51. The number of benzene rings is 2. The Morgan fingerprint density at radius 3 is 2.86 bits per heavy atom. The number of imidazole rings is 1. The number of fused-ring (bicyclic) bond motifs is 1. The van der Waals surface area contributed by atoms with Gasteiger partial charge in [-0.25, -0.2) is 10.4 Å². The Morgan fingerprint density at radius 2 is 2.09 bits per heavy atom. The monoisotopic (exact) mass is 294 g/mol. The van der Waals surface area contributed by atoms with E-state index in [0.29, 0.717) is 5.56 Å². The van der Waals surface area contributed by atoms with Crippen molar-refractivity contribution < 1.29 is 9.53 Å². The maximum absolute atomic E-state index is 12.0. The second-order valence-corrected chi connectivity index (χ2v) is 4.61. The summed E-state index contributed by atoms with van der Waals surface area (Å²) in [6.45, 7) is 0. The molecule has 0 fully saturated rings. The minimum absolute atomic E-state index is 0.277. The molecule has 0 bridgehead atoms. The van der Waals surface area contributed by atoms with Crippen molar-refractivity contribution in [3.05, 3.63) is 59.9 Å². The van der Waals surface area contributed by atoms with Gasteiger partial charge in [0.2, 0.25) is 0 Å². The summed E-state index contributed by atoms with van der Waals surface area (Å²) in [6.07, 6.45) is 3.17. The molecule has 0 aliphatic rings. The van der Waals surface area contributed by atoms with Gasteiger partial charge in [-0.15, -0.1) is 0 Å². The summed E-state index contributed by atoms with van der Waals surface area (Å²) in [6, 6.07) is 12.6. The molecule has 0 saturated heterocycles. The minimum Gasteiger partial charge on any atom is -0.497 e. The number of rotatable bonds is 4. The van der Waals surface area contributed by atoms with Gasteiger partial charge in [-0.3, -0.25) is 4.79 Å². The van der Waals surface area contributed by atoms with E-state index in [4.69, 9.17) is 4.74 Å². The molecule has 0 aliphatic heterocycles. The highest BCUT2D eigenvalue weighted by atomic mass is 16.5. The predicted octanol–water partition coefficient (Wildman–Crippen LogP) is 2.34. The molecule has 2 aromatic carbocycles. The quantitative estimate of drug-likeness (QED) is 0.572. The average molecular weight is 294 g/mol. The van der Waals surface area contributed by atoms with Crippen LogP contribution < -0.4 is 10.2 Å². The van der Waals surface area contributed by atoms with Crippen molar-refractivity contribution in [3.8, 4) is 5.75 Å². The topological polar surface area (TPSA) is 79.4 Å². The fourth-order valence-electron chi connectivity index (χ4n) is 2.00. The Balaban J connectivity index is 1.66. The molecule has 0 aliphatic carbocycles. The maximum atomic E-state index is 12.0. The third-order valence-electron chi connectivity index (χ3n) is 3.18. The molecule has 0 atom stereocenters. The number of aromatic amines is 1. The van der Waals surface area contributed by atoms with Gasteiger partial charge in [-0.2, -0.15) is 5.10 Å². The van der Waals surface area contributed by atoms with Gasteiger partial charge in [0.25, 0.3) is 5.91 Å². The lowest BCUT2D eigenvalue weighted by molar-refractivity contribution is 0.0955. The first-order valence-corrected chi connectivity index (χ1v) is 6.67. The third-order valence-corrected chi connectivity index (χ3v) is 3.18. The lowest BCUT2D eigenvalue weighted by Gasteiger charge is -2.01. The number of ether oxygens (including phenoxy) is 1. The highest BCUT2D eigenvalue weighted by Gasteiger charge is 2.06. The van der Waals surface area contributed by atoms with Gasteiger partial charge in [0, 0.05) is 5.56 Å². The van der Waals surface area contributed by atoms with Crippen LogP contribution in [0.15, 0.2) is 53.9 Å². The summed E-state index contributed by atoms with van der Waals surface area (Å²) >= 11 is 0. The summed E-state index contributed by atoms with van der Waals surface area (Å²) in [4.78, 5) is 19.1. The van der Waals surface area contributed by atoms with E-state index in [1.165, 1.54) is 0 Å². The number of carbonyl (C=O) groups excluding carboxylic acids is 1. The number of carbonyl (C=O) groups is 1. The molecule has 110 valence electrons. The Morgan fingerprint density at radius 1 is 1.27 bits per heavy atom. The van der Waals surface area contributed by atoms with Gasteiger partial charge in [-0.1, -0.05) is 0 Å². The van der Waals surface area contributed by atoms with Crippen molar-refractivity contribution in [2.45, 2.75) is 0 Å². The first kappa shape index (κ1) is 13.8. The molecule has 1 aromatic heterocycles. The largest absolute Gasteiger partial charge is 0.497 e. The number of methoxy groups -OCH3 is 1. The number of H-pyrrole nitrogens is 1. The van der Waals surface area contributed by atoms with E-state index < -0.39 is 0 Å². The van der Waals surface area contributed by atoms with E-state index in [0.717, 1.165) is 22.3 Å². The Bertz CT molecular complexity index is 822. The average Bonchev–Trinajstić information content (AvgIpc) is 3.03.